The van der Waals surface area contributed by atoms with Gasteiger partial charge in [-0.2, -0.15) is 0 Å². The second kappa shape index (κ2) is 13.4. The molecule has 54 heavy (non-hydrogen) atoms. The molecule has 0 amide bonds. The van der Waals surface area contributed by atoms with Crippen LogP contribution in [-0.4, -0.2) is 0 Å². The maximum atomic E-state index is 6.45. The predicted octanol–water partition coefficient (Wildman–Crippen LogP) is 14.9. The number of para-hydroxylation sites is 1. The number of nitrogens with zero attached hydrogens (tertiary/aromatic N) is 1. The third-order valence-electron chi connectivity index (χ3n) is 10.4. The maximum absolute atomic E-state index is 6.45. The number of fused-ring (bicyclic) bond motifs is 4. The molecule has 0 bridgehead atoms. The Labute approximate surface area is 314 Å². The Bertz CT molecular complexity index is 2880. The Hall–Kier alpha value is -7.16. The minimum atomic E-state index is 0.861. The van der Waals surface area contributed by atoms with E-state index in [1.807, 2.05) is 6.07 Å². The van der Waals surface area contributed by atoms with E-state index in [0.717, 1.165) is 61.3 Å². The van der Waals surface area contributed by atoms with Crippen LogP contribution in [-0.2, 0) is 0 Å². The van der Waals surface area contributed by atoms with Crippen LogP contribution in [0.1, 0.15) is 0 Å². The van der Waals surface area contributed by atoms with E-state index in [1.54, 1.807) is 0 Å². The summed E-state index contributed by atoms with van der Waals surface area (Å²) in [6, 6.07) is 76.0. The molecule has 2 heteroatoms. The van der Waals surface area contributed by atoms with Gasteiger partial charge in [0.25, 0.3) is 0 Å². The van der Waals surface area contributed by atoms with Crippen LogP contribution in [0.15, 0.2) is 217 Å². The molecule has 0 saturated heterocycles. The van der Waals surface area contributed by atoms with E-state index in [2.05, 4.69) is 211 Å². The van der Waals surface area contributed by atoms with Crippen molar-refractivity contribution in [3.63, 3.8) is 0 Å². The van der Waals surface area contributed by atoms with Gasteiger partial charge in [0.2, 0.25) is 0 Å². The summed E-state index contributed by atoms with van der Waals surface area (Å²) < 4.78 is 6.45. The fourth-order valence-electron chi connectivity index (χ4n) is 7.87. The average Bonchev–Trinajstić information content (AvgIpc) is 3.64. The average molecular weight is 690 g/mol. The van der Waals surface area contributed by atoms with E-state index in [1.165, 1.54) is 33.0 Å². The summed E-state index contributed by atoms with van der Waals surface area (Å²) in [6.07, 6.45) is 0. The van der Waals surface area contributed by atoms with Gasteiger partial charge in [-0.05, 0) is 110 Å². The summed E-state index contributed by atoms with van der Waals surface area (Å²) >= 11 is 0. The Kier molecular flexibility index (Phi) is 7.85. The molecule has 0 aliphatic heterocycles. The lowest BCUT2D eigenvalue weighted by Gasteiger charge is -2.28. The quantitative estimate of drug-likeness (QED) is 0.166. The van der Waals surface area contributed by atoms with E-state index in [9.17, 15) is 0 Å². The summed E-state index contributed by atoms with van der Waals surface area (Å²) in [5, 5.41) is 4.67. The van der Waals surface area contributed by atoms with Crippen molar-refractivity contribution in [2.45, 2.75) is 0 Å². The SMILES string of the molecule is c1ccc(-c2cc(-c3ccccc3)cc(N(c3cccc(-c4cccc(-c5cccc6ccccc56)c4)c3)c3cccc4oc5ccccc5c34)c2)cc1. The monoisotopic (exact) mass is 689 g/mol. The normalized spacial score (nSPS) is 11.3. The summed E-state index contributed by atoms with van der Waals surface area (Å²) in [4.78, 5) is 2.40. The molecule has 0 aliphatic carbocycles. The van der Waals surface area contributed by atoms with Crippen LogP contribution in [0, 0.1) is 0 Å². The lowest BCUT2D eigenvalue weighted by molar-refractivity contribution is 0.669. The zero-order valence-corrected chi connectivity index (χ0v) is 29.6. The second-order valence-electron chi connectivity index (χ2n) is 13.7. The molecule has 2 nitrogen and oxygen atoms in total. The third kappa shape index (κ3) is 5.71. The number of rotatable bonds is 7. The summed E-state index contributed by atoms with van der Waals surface area (Å²) in [5.41, 5.74) is 14.3. The van der Waals surface area contributed by atoms with Crippen molar-refractivity contribution >= 4 is 49.8 Å². The van der Waals surface area contributed by atoms with Gasteiger partial charge in [-0.25, -0.2) is 0 Å². The molecular weight excluding hydrogens is 655 g/mol. The third-order valence-corrected chi connectivity index (χ3v) is 10.4. The molecule has 1 heterocycles. The van der Waals surface area contributed by atoms with Gasteiger partial charge in [-0.15, -0.1) is 0 Å². The number of benzene rings is 9. The van der Waals surface area contributed by atoms with Crippen molar-refractivity contribution in [3.8, 4) is 44.5 Å². The van der Waals surface area contributed by atoms with E-state index >= 15 is 0 Å². The first-order valence-electron chi connectivity index (χ1n) is 18.4. The van der Waals surface area contributed by atoms with Gasteiger partial charge >= 0.3 is 0 Å². The minimum absolute atomic E-state index is 0.861. The zero-order chi connectivity index (χ0) is 35.8. The molecule has 0 atom stereocenters. The molecule has 9 aromatic carbocycles. The topological polar surface area (TPSA) is 16.4 Å². The van der Waals surface area contributed by atoms with Gasteiger partial charge in [-0.3, -0.25) is 0 Å². The van der Waals surface area contributed by atoms with Crippen LogP contribution in [0.3, 0.4) is 0 Å². The second-order valence-corrected chi connectivity index (χ2v) is 13.7. The van der Waals surface area contributed by atoms with Gasteiger partial charge in [-0.1, -0.05) is 158 Å². The highest BCUT2D eigenvalue weighted by molar-refractivity contribution is 6.13. The zero-order valence-electron chi connectivity index (χ0n) is 29.6. The van der Waals surface area contributed by atoms with E-state index in [-0.39, 0.29) is 0 Å². The number of hydrogen-bond acceptors (Lipinski definition) is 2. The van der Waals surface area contributed by atoms with Crippen LogP contribution in [0.4, 0.5) is 17.1 Å². The fourth-order valence-corrected chi connectivity index (χ4v) is 7.87. The highest BCUT2D eigenvalue weighted by atomic mass is 16.3. The molecular formula is C52H35NO. The summed E-state index contributed by atoms with van der Waals surface area (Å²) in [5.74, 6) is 0. The van der Waals surface area contributed by atoms with E-state index in [0.29, 0.717) is 0 Å². The van der Waals surface area contributed by atoms with Crippen LogP contribution in [0.2, 0.25) is 0 Å². The predicted molar refractivity (Wildman–Crippen MR) is 228 cm³/mol. The van der Waals surface area contributed by atoms with Crippen LogP contribution in [0.25, 0.3) is 77.2 Å². The largest absolute Gasteiger partial charge is 0.456 e. The van der Waals surface area contributed by atoms with Gasteiger partial charge in [0, 0.05) is 16.8 Å². The summed E-state index contributed by atoms with van der Waals surface area (Å²) in [7, 11) is 0. The van der Waals surface area contributed by atoms with Crippen molar-refractivity contribution in [3.05, 3.63) is 212 Å². The number of furan rings is 1. The lowest BCUT2D eigenvalue weighted by atomic mass is 9.95. The first-order chi connectivity index (χ1) is 26.8. The van der Waals surface area contributed by atoms with E-state index in [4.69, 9.17) is 4.42 Å². The Morgan fingerprint density at radius 3 is 1.61 bits per heavy atom. The molecule has 10 aromatic rings. The highest BCUT2D eigenvalue weighted by Crippen LogP contribution is 2.45. The number of anilines is 3. The first kappa shape index (κ1) is 31.6. The summed E-state index contributed by atoms with van der Waals surface area (Å²) in [6.45, 7) is 0. The molecule has 0 saturated carbocycles. The van der Waals surface area contributed by atoms with Crippen molar-refractivity contribution in [1.29, 1.82) is 0 Å². The van der Waals surface area contributed by atoms with Gasteiger partial charge < -0.3 is 9.32 Å². The van der Waals surface area contributed by atoms with Crippen LogP contribution in [0.5, 0.6) is 0 Å². The van der Waals surface area contributed by atoms with Crippen molar-refractivity contribution in [2.24, 2.45) is 0 Å². The van der Waals surface area contributed by atoms with Gasteiger partial charge in [0.15, 0.2) is 0 Å². The first-order valence-corrected chi connectivity index (χ1v) is 18.4. The van der Waals surface area contributed by atoms with Crippen molar-refractivity contribution in [1.82, 2.24) is 0 Å². The molecule has 10 rings (SSSR count). The van der Waals surface area contributed by atoms with Crippen molar-refractivity contribution < 1.29 is 4.42 Å². The van der Waals surface area contributed by atoms with Gasteiger partial charge in [0.1, 0.15) is 11.2 Å². The van der Waals surface area contributed by atoms with E-state index < -0.39 is 0 Å². The Balaban J connectivity index is 1.20. The molecule has 0 spiro atoms. The Morgan fingerprint density at radius 1 is 0.315 bits per heavy atom. The van der Waals surface area contributed by atoms with Crippen LogP contribution < -0.4 is 4.90 Å². The molecule has 0 fully saturated rings. The molecule has 0 radical (unpaired) electrons. The molecule has 0 unspecified atom stereocenters. The minimum Gasteiger partial charge on any atom is -0.456 e. The maximum Gasteiger partial charge on any atom is 0.137 e. The Morgan fingerprint density at radius 2 is 0.833 bits per heavy atom. The molecule has 1 aromatic heterocycles. The molecule has 0 aliphatic rings. The van der Waals surface area contributed by atoms with Crippen molar-refractivity contribution in [2.75, 3.05) is 4.90 Å². The number of hydrogen-bond donors (Lipinski definition) is 0. The lowest BCUT2D eigenvalue weighted by Crippen LogP contribution is -2.11. The smallest absolute Gasteiger partial charge is 0.137 e. The fraction of sp³-hybridized carbons (Fsp3) is 0. The van der Waals surface area contributed by atoms with Gasteiger partial charge in [0.05, 0.1) is 11.1 Å². The standard InChI is InChI=1S/C52H35NO/c1-3-15-36(16-4-1)42-32-43(37-17-5-2-6-18-37)35-45(34-42)53(49-28-14-30-51-52(49)48-26-9-10-29-50(48)54-51)44-24-12-22-40(33-44)39-21-11-23-41(31-39)47-27-13-20-38-19-7-8-25-46(38)47/h1-35H. The molecule has 0 N–H and O–H groups in total. The molecule has 254 valence electrons. The van der Waals surface area contributed by atoms with Crippen LogP contribution >= 0.6 is 0 Å². The highest BCUT2D eigenvalue weighted by Gasteiger charge is 2.21.